The van der Waals surface area contributed by atoms with Gasteiger partial charge in [0.25, 0.3) is 0 Å². The number of benzene rings is 12. The van der Waals surface area contributed by atoms with E-state index in [4.69, 9.17) is 0 Å². The van der Waals surface area contributed by atoms with Crippen molar-refractivity contribution in [2.75, 3.05) is 0 Å². The summed E-state index contributed by atoms with van der Waals surface area (Å²) in [5, 5.41) is 0. The van der Waals surface area contributed by atoms with Gasteiger partial charge in [-0.05, 0) is 143 Å². The zero-order valence-electron chi connectivity index (χ0n) is 73.8. The number of carbonyl (C=O) groups is 4. The maximum Gasteiger partial charge on any atom is 0.195 e. The number of hydrogen-bond acceptors (Lipinski definition) is 12. The third kappa shape index (κ3) is 23.3. The second kappa shape index (κ2) is 47.7. The Labute approximate surface area is 846 Å². The van der Waals surface area contributed by atoms with Crippen LogP contribution >= 0.6 is 0 Å². The smallest absolute Gasteiger partial charge is 0.195 e. The van der Waals surface area contributed by atoms with Crippen LogP contribution in [0.3, 0.4) is 0 Å². The number of ketones is 4. The van der Waals surface area contributed by atoms with Crippen LogP contribution in [0.1, 0.15) is 86.5 Å². The molecule has 8 aromatic heterocycles. The second-order valence-corrected chi connectivity index (χ2v) is 30.7. The van der Waals surface area contributed by atoms with E-state index in [9.17, 15) is 19.2 Å². The molecule has 4 radical (unpaired) electrons. The zero-order chi connectivity index (χ0) is 90.5. The van der Waals surface area contributed by atoms with Crippen LogP contribution in [-0.2, 0) is 80.4 Å². The van der Waals surface area contributed by atoms with Crippen LogP contribution in [0, 0.1) is 76.2 Å². The predicted molar refractivity (Wildman–Crippen MR) is 522 cm³/mol. The van der Waals surface area contributed by atoms with E-state index in [0.717, 1.165) is 180 Å². The number of nitrogens with zero attached hydrogens (tertiary/aromatic N) is 8. The molecule has 24 rings (SSSR count). The van der Waals surface area contributed by atoms with Crippen molar-refractivity contribution in [3.05, 3.63) is 529 Å². The summed E-state index contributed by atoms with van der Waals surface area (Å²) in [6, 6.07) is 152. The summed E-state index contributed by atoms with van der Waals surface area (Å²) >= 11 is 0. The SMILES string of the molecule is Cc1cccc(-c2[c-]cccc2)n1.Cc1cccc(-c2[c-]cccc2)n1.Cc1cccc(-c2[c-]cccc2)n1.Cc1cccc(-c2[c-]cccc2)n1.O=C1c2ccccc2-c2c1ccnc2-c1[c-]cccc1.O=C1c2ccccc2-c2cc(-c3[c-]cccc3)ncc21.O=C1c2ccccc2-c2ccnc(-c3[c-]cccc3)c21.O=C1c2ccccc2-c2nc(-c3[c-]cccc3)ccc21.[Ir].[Ir].[Ir].[Ir]. The maximum atomic E-state index is 12.6. The summed E-state index contributed by atoms with van der Waals surface area (Å²) in [7, 11) is 0. The molecule has 8 heterocycles. The first-order valence-corrected chi connectivity index (χ1v) is 42.9. The summed E-state index contributed by atoms with van der Waals surface area (Å²) in [5.74, 6) is 0.254. The average Bonchev–Trinajstić information content (AvgIpc) is 1.61. The molecule has 0 N–H and O–H groups in total. The van der Waals surface area contributed by atoms with E-state index in [1.165, 1.54) is 0 Å². The van der Waals surface area contributed by atoms with Crippen LogP contribution in [0.4, 0.5) is 0 Å². The molecular weight excluding hydrogens is 2390 g/mol. The van der Waals surface area contributed by atoms with Crippen LogP contribution < -0.4 is 0 Å². The molecule has 668 valence electrons. The molecule has 0 spiro atoms. The molecule has 4 aliphatic carbocycles. The van der Waals surface area contributed by atoms with Gasteiger partial charge in [0, 0.05) is 172 Å². The molecule has 0 atom stereocenters. The van der Waals surface area contributed by atoms with E-state index < -0.39 is 0 Å². The van der Waals surface area contributed by atoms with Gasteiger partial charge < -0.3 is 34.9 Å². The van der Waals surface area contributed by atoms with Gasteiger partial charge in [0.05, 0.1) is 5.69 Å². The minimum Gasteiger partial charge on any atom is -0.304 e. The number of aromatic nitrogens is 8. The van der Waals surface area contributed by atoms with E-state index in [-0.39, 0.29) is 104 Å². The van der Waals surface area contributed by atoms with Crippen molar-refractivity contribution in [1.82, 2.24) is 39.9 Å². The van der Waals surface area contributed by atoms with E-state index in [1.54, 1.807) is 24.7 Å². The molecule has 0 amide bonds. The number of aryl methyl sites for hydroxylation is 4. The van der Waals surface area contributed by atoms with E-state index in [2.05, 4.69) is 88.4 Å². The minimum absolute atomic E-state index is 0. The molecule has 12 aromatic carbocycles. The number of pyridine rings is 8. The van der Waals surface area contributed by atoms with Crippen LogP contribution in [0.2, 0.25) is 0 Å². The summed E-state index contributed by atoms with van der Waals surface area (Å²) in [5.41, 5.74) is 32.5. The third-order valence-electron chi connectivity index (χ3n) is 21.8. The average molecular weight is 2470 g/mol. The van der Waals surface area contributed by atoms with Crippen molar-refractivity contribution >= 4 is 23.1 Å². The first-order chi connectivity index (χ1) is 64.8. The van der Waals surface area contributed by atoms with Crippen molar-refractivity contribution in [3.63, 3.8) is 0 Å². The van der Waals surface area contributed by atoms with Crippen molar-refractivity contribution in [1.29, 1.82) is 0 Å². The maximum absolute atomic E-state index is 12.6. The molecule has 0 aliphatic heterocycles. The molecule has 0 fully saturated rings. The molecule has 0 unspecified atom stereocenters. The van der Waals surface area contributed by atoms with E-state index >= 15 is 0 Å². The largest absolute Gasteiger partial charge is 0.304 e. The fourth-order valence-corrected chi connectivity index (χ4v) is 15.6. The van der Waals surface area contributed by atoms with Crippen molar-refractivity contribution in [3.8, 4) is 135 Å². The van der Waals surface area contributed by atoms with Crippen LogP contribution in [0.15, 0.2) is 413 Å². The number of rotatable bonds is 8. The Morgan fingerprint density at radius 2 is 0.471 bits per heavy atom. The standard InChI is InChI=1S/4C18H10NO.4C12H10N.4Ir/c20-18-14-9-5-4-8-13(14)15-10-17(19-11-16(15)18)12-6-2-1-3-7-12;20-18-15-9-5-4-8-13(15)14-10-11-19-17(16(14)18)12-6-2-1-3-7-12;20-18-14-9-5-4-8-13(14)16-15(18)10-11-19-17(16)12-6-2-1-3-7-12;20-18-14-9-5-4-8-13(14)17-15(18)10-11-16(19-17)12-6-2-1-3-7-12;4*1-10-6-5-9-12(13-10)11-7-3-2-4-8-11;;;;/h4*1-6,8-11H;4*2-7,9H,1H3;;;;/q8*-1;;;;. The van der Waals surface area contributed by atoms with Crippen LogP contribution in [0.25, 0.3) is 135 Å². The van der Waals surface area contributed by atoms with Gasteiger partial charge >= 0.3 is 0 Å². The van der Waals surface area contributed by atoms with Crippen molar-refractivity contribution in [2.24, 2.45) is 0 Å². The van der Waals surface area contributed by atoms with Gasteiger partial charge in [-0.1, -0.05) is 164 Å². The number of carbonyl (C=O) groups excluding carboxylic acids is 4. The summed E-state index contributed by atoms with van der Waals surface area (Å²) in [4.78, 5) is 85.2. The van der Waals surface area contributed by atoms with Crippen LogP contribution in [-0.4, -0.2) is 63.0 Å². The third-order valence-corrected chi connectivity index (χ3v) is 21.8. The molecule has 4 aliphatic rings. The second-order valence-electron chi connectivity index (χ2n) is 30.7. The Bertz CT molecular complexity index is 7040. The zero-order valence-corrected chi connectivity index (χ0v) is 83.4. The van der Waals surface area contributed by atoms with E-state index in [0.29, 0.717) is 22.4 Å². The van der Waals surface area contributed by atoms with Gasteiger partial charge in [-0.2, -0.15) is 0 Å². The summed E-state index contributed by atoms with van der Waals surface area (Å²) in [6.45, 7) is 7.97. The normalized spacial score (nSPS) is 10.9. The Morgan fingerprint density at radius 3 is 0.846 bits per heavy atom. The molecular formula is C120H80Ir4N8O4-8. The molecule has 16 heteroatoms. The molecule has 0 saturated heterocycles. The van der Waals surface area contributed by atoms with Gasteiger partial charge in [-0.3, -0.25) is 24.2 Å². The number of fused-ring (bicyclic) bond motifs is 12. The molecule has 20 aromatic rings. The molecule has 0 saturated carbocycles. The summed E-state index contributed by atoms with van der Waals surface area (Å²) < 4.78 is 0. The Hall–Kier alpha value is -14.9. The van der Waals surface area contributed by atoms with Gasteiger partial charge in [0.15, 0.2) is 23.1 Å². The van der Waals surface area contributed by atoms with Crippen molar-refractivity contribution in [2.45, 2.75) is 27.7 Å². The minimum atomic E-state index is 0. The Kier molecular flexibility index (Phi) is 34.6. The van der Waals surface area contributed by atoms with Gasteiger partial charge in [-0.25, -0.2) is 0 Å². The van der Waals surface area contributed by atoms with Crippen LogP contribution in [0.5, 0.6) is 0 Å². The predicted octanol–water partition coefficient (Wildman–Crippen LogP) is 26.5. The quantitative estimate of drug-likeness (QED) is 0.132. The topological polar surface area (TPSA) is 171 Å². The van der Waals surface area contributed by atoms with Gasteiger partial charge in [0.2, 0.25) is 0 Å². The molecule has 0 bridgehead atoms. The monoisotopic (exact) mass is 2470 g/mol. The number of hydrogen-bond donors (Lipinski definition) is 0. The fourth-order valence-electron chi connectivity index (χ4n) is 15.6. The Morgan fingerprint density at radius 1 is 0.184 bits per heavy atom. The van der Waals surface area contributed by atoms with Gasteiger partial charge in [0.1, 0.15) is 0 Å². The fraction of sp³-hybridized carbons (Fsp3) is 0.0333. The molecule has 12 nitrogen and oxygen atoms in total. The summed E-state index contributed by atoms with van der Waals surface area (Å²) in [6.07, 6.45) is 5.12. The molecule has 136 heavy (non-hydrogen) atoms. The van der Waals surface area contributed by atoms with Gasteiger partial charge in [-0.15, -0.1) is 287 Å². The van der Waals surface area contributed by atoms with E-state index in [1.807, 2.05) is 416 Å². The van der Waals surface area contributed by atoms with Crippen molar-refractivity contribution < 1.29 is 99.6 Å². The first-order valence-electron chi connectivity index (χ1n) is 42.9. The first kappa shape index (κ1) is 98.6. The Balaban J connectivity index is 0.000000132.